The molecule has 0 radical (unpaired) electrons. The number of oxazole rings is 1. The third kappa shape index (κ3) is 1.93. The first-order chi connectivity index (χ1) is 12.2. The van der Waals surface area contributed by atoms with E-state index < -0.39 is 48.3 Å². The Kier molecular flexibility index (Phi) is 3.56. The largest absolute Gasteiger partial charge is 0.507 e. The lowest BCUT2D eigenvalue weighted by molar-refractivity contribution is -0.245. The van der Waals surface area contributed by atoms with E-state index in [2.05, 4.69) is 4.98 Å². The minimum absolute atomic E-state index is 0.00533. The third-order valence-electron chi connectivity index (χ3n) is 5.23. The summed E-state index contributed by atoms with van der Waals surface area (Å²) in [7, 11) is 0. The zero-order chi connectivity index (χ0) is 19.0. The van der Waals surface area contributed by atoms with E-state index in [9.17, 15) is 25.2 Å². The van der Waals surface area contributed by atoms with Crippen LogP contribution in [0.15, 0.2) is 4.42 Å². The molecule has 1 fully saturated rings. The van der Waals surface area contributed by atoms with Crippen LogP contribution in [-0.2, 0) is 10.3 Å². The van der Waals surface area contributed by atoms with Gasteiger partial charge in [0.15, 0.2) is 11.7 Å². The highest BCUT2D eigenvalue weighted by molar-refractivity contribution is 6.08. The second kappa shape index (κ2) is 5.38. The van der Waals surface area contributed by atoms with Gasteiger partial charge in [0.2, 0.25) is 5.89 Å². The minimum atomic E-state index is -1.92. The van der Waals surface area contributed by atoms with E-state index in [0.29, 0.717) is 0 Å². The molecule has 1 aliphatic carbocycles. The number of nitrogens with two attached hydrogens (primary N) is 1. The van der Waals surface area contributed by atoms with E-state index in [4.69, 9.17) is 20.0 Å². The molecule has 5 atom stereocenters. The van der Waals surface area contributed by atoms with Crippen LogP contribution in [0.5, 0.6) is 5.75 Å². The van der Waals surface area contributed by atoms with Gasteiger partial charge < -0.3 is 40.4 Å². The van der Waals surface area contributed by atoms with Gasteiger partial charge >= 0.3 is 0 Å². The molecule has 140 valence electrons. The molecule has 1 aromatic carbocycles. The van der Waals surface area contributed by atoms with Crippen LogP contribution in [0.2, 0.25) is 0 Å². The molecule has 7 N–H and O–H groups in total. The number of fused-ring (bicyclic) bond motifs is 3. The molecule has 2 aliphatic heterocycles. The van der Waals surface area contributed by atoms with Crippen molar-refractivity contribution in [3.8, 4) is 5.75 Å². The minimum Gasteiger partial charge on any atom is -0.507 e. The van der Waals surface area contributed by atoms with Crippen molar-refractivity contribution in [3.63, 3.8) is 0 Å². The van der Waals surface area contributed by atoms with Gasteiger partial charge in [-0.3, -0.25) is 4.79 Å². The smallest absolute Gasteiger partial charge is 0.254 e. The molecule has 3 aliphatic rings. The van der Waals surface area contributed by atoms with E-state index in [1.165, 1.54) is 0 Å². The summed E-state index contributed by atoms with van der Waals surface area (Å²) in [6, 6.07) is 0. The molecule has 26 heavy (non-hydrogen) atoms. The van der Waals surface area contributed by atoms with Crippen molar-refractivity contribution in [3.05, 3.63) is 22.6 Å². The molecule has 1 aromatic heterocycles. The molecule has 0 saturated carbocycles. The molecule has 2 aromatic rings. The molecule has 10 heteroatoms. The van der Waals surface area contributed by atoms with Crippen molar-refractivity contribution in [1.29, 1.82) is 0 Å². The fraction of sp³-hybridized carbons (Fsp3) is 0.500. The number of benzene rings is 1. The van der Waals surface area contributed by atoms with Gasteiger partial charge in [0, 0.05) is 17.5 Å². The average molecular weight is 366 g/mol. The number of aromatic nitrogens is 1. The summed E-state index contributed by atoms with van der Waals surface area (Å²) in [6.07, 6.45) is -4.30. The quantitative estimate of drug-likeness (QED) is 0.400. The highest BCUT2D eigenvalue weighted by atomic mass is 16.5. The Bertz CT molecular complexity index is 911. The van der Waals surface area contributed by atoms with Crippen molar-refractivity contribution in [1.82, 2.24) is 4.98 Å². The number of hydrogen-bond acceptors (Lipinski definition) is 9. The summed E-state index contributed by atoms with van der Waals surface area (Å²) in [4.78, 5) is 15.9. The Morgan fingerprint density at radius 1 is 1.50 bits per heavy atom. The third-order valence-corrected chi connectivity index (χ3v) is 5.23. The van der Waals surface area contributed by atoms with E-state index in [-0.39, 0.29) is 40.1 Å². The number of phenols is 1. The predicted octanol–water partition coefficient (Wildman–Crippen LogP) is -0.930. The molecule has 3 heterocycles. The van der Waals surface area contributed by atoms with Crippen LogP contribution in [0.25, 0.3) is 11.1 Å². The number of nitrogens with zero attached hydrogens (tertiary/aromatic N) is 1. The number of hydrogen-bond donors (Lipinski definition) is 6. The molecule has 2 bridgehead atoms. The maximum Gasteiger partial charge on any atom is 0.254 e. The molecule has 0 unspecified atom stereocenters. The number of amides is 1. The summed E-state index contributed by atoms with van der Waals surface area (Å²) in [6.45, 7) is 0.866. The summed E-state index contributed by atoms with van der Waals surface area (Å²) in [5.41, 5.74) is 2.97. The van der Waals surface area contributed by atoms with Gasteiger partial charge in [0.1, 0.15) is 22.4 Å². The Morgan fingerprint density at radius 3 is 2.77 bits per heavy atom. The van der Waals surface area contributed by atoms with Gasteiger partial charge in [0.25, 0.3) is 5.91 Å². The molecular weight excluding hydrogens is 348 g/mol. The second-order valence-electron chi connectivity index (χ2n) is 6.65. The number of rotatable bonds is 3. The Morgan fingerprint density at radius 2 is 2.19 bits per heavy atom. The van der Waals surface area contributed by atoms with E-state index >= 15 is 0 Å². The standard InChI is InChI=1S/C16H18N2O8/c1-4-16(24)7(21)2-6(25-4)8-10(16)13-11(9(12(8)22)14(17)23)18-15(26-13)5(20)3-19/h4-7,19-22,24H,2-3H2,1H3,(H2,17,23)/t4-,5+,6-,7-,16-/m1/s1. The van der Waals surface area contributed by atoms with Crippen molar-refractivity contribution >= 4 is 17.0 Å². The van der Waals surface area contributed by atoms with Crippen LogP contribution in [-0.4, -0.2) is 55.2 Å². The number of aliphatic hydroxyl groups excluding tert-OH is 3. The highest BCUT2D eigenvalue weighted by Crippen LogP contribution is 2.56. The first-order valence-corrected chi connectivity index (χ1v) is 8.06. The summed E-state index contributed by atoms with van der Waals surface area (Å²) >= 11 is 0. The lowest BCUT2D eigenvalue weighted by atomic mass is 9.69. The second-order valence-corrected chi connectivity index (χ2v) is 6.65. The first kappa shape index (κ1) is 17.2. The summed E-state index contributed by atoms with van der Waals surface area (Å²) in [5.74, 6) is -1.82. The maximum absolute atomic E-state index is 11.9. The first-order valence-electron chi connectivity index (χ1n) is 8.06. The normalized spacial score (nSPS) is 31.2. The van der Waals surface area contributed by atoms with Crippen LogP contribution in [0.3, 0.4) is 0 Å². The van der Waals surface area contributed by atoms with E-state index in [1.54, 1.807) is 6.92 Å². The van der Waals surface area contributed by atoms with Crippen molar-refractivity contribution in [2.24, 2.45) is 5.73 Å². The molecule has 10 nitrogen and oxygen atoms in total. The van der Waals surface area contributed by atoms with Gasteiger partial charge in [-0.15, -0.1) is 0 Å². The maximum atomic E-state index is 11.9. The van der Waals surface area contributed by atoms with Crippen molar-refractivity contribution < 1.29 is 39.5 Å². The lowest BCUT2D eigenvalue weighted by Crippen LogP contribution is -2.58. The number of aromatic hydroxyl groups is 1. The zero-order valence-electron chi connectivity index (χ0n) is 13.7. The van der Waals surface area contributed by atoms with Gasteiger partial charge in [0.05, 0.1) is 24.9 Å². The lowest BCUT2D eigenvalue weighted by Gasteiger charge is -2.51. The Balaban J connectivity index is 2.15. The van der Waals surface area contributed by atoms with E-state index in [1.807, 2.05) is 0 Å². The van der Waals surface area contributed by atoms with Crippen LogP contribution < -0.4 is 5.73 Å². The van der Waals surface area contributed by atoms with Gasteiger partial charge in [-0.2, -0.15) is 0 Å². The van der Waals surface area contributed by atoms with E-state index in [0.717, 1.165) is 0 Å². The van der Waals surface area contributed by atoms with Crippen molar-refractivity contribution in [2.75, 3.05) is 6.61 Å². The average Bonchev–Trinajstić information content (AvgIpc) is 3.00. The van der Waals surface area contributed by atoms with Crippen molar-refractivity contribution in [2.45, 2.75) is 43.4 Å². The predicted molar refractivity (Wildman–Crippen MR) is 84.0 cm³/mol. The fourth-order valence-electron chi connectivity index (χ4n) is 3.94. The molecular formula is C16H18N2O8. The Hall–Kier alpha value is -2.24. The topological polar surface area (TPSA) is 180 Å². The number of carbonyl (C=O) groups is 1. The number of aliphatic hydroxyl groups is 4. The fourth-order valence-corrected chi connectivity index (χ4v) is 3.94. The molecule has 5 rings (SSSR count). The molecule has 1 amide bonds. The van der Waals surface area contributed by atoms with Crippen LogP contribution in [0.1, 0.15) is 52.9 Å². The van der Waals surface area contributed by atoms with Gasteiger partial charge in [-0.1, -0.05) is 0 Å². The summed E-state index contributed by atoms with van der Waals surface area (Å²) in [5, 5.41) is 51.2. The number of ether oxygens (including phenoxy) is 1. The number of primary amides is 1. The SMILES string of the molecule is C[C@H]1O[C@@H]2C[C@@H](O)[C@@]1(O)c1c2c(O)c(C(N)=O)c2nc([C@@H](O)CO)oc12. The van der Waals surface area contributed by atoms with Gasteiger partial charge in [-0.05, 0) is 6.92 Å². The summed E-state index contributed by atoms with van der Waals surface area (Å²) < 4.78 is 11.2. The van der Waals surface area contributed by atoms with Crippen LogP contribution in [0.4, 0.5) is 0 Å². The number of carbonyl (C=O) groups excluding carboxylic acids is 1. The Labute approximate surface area is 146 Å². The van der Waals surface area contributed by atoms with Gasteiger partial charge in [-0.25, -0.2) is 4.98 Å². The molecule has 0 spiro atoms. The zero-order valence-corrected chi connectivity index (χ0v) is 13.7. The monoisotopic (exact) mass is 366 g/mol. The highest BCUT2D eigenvalue weighted by Gasteiger charge is 2.58. The molecule has 1 saturated heterocycles. The van der Waals surface area contributed by atoms with Crippen LogP contribution >= 0.6 is 0 Å². The van der Waals surface area contributed by atoms with Crippen LogP contribution in [0, 0.1) is 0 Å².